The summed E-state index contributed by atoms with van der Waals surface area (Å²) in [6, 6.07) is 7.69. The number of rotatable bonds is 4. The first-order valence-corrected chi connectivity index (χ1v) is 7.83. The van der Waals surface area contributed by atoms with Crippen LogP contribution in [0.5, 0.6) is 5.75 Å². The van der Waals surface area contributed by atoms with E-state index in [1.807, 2.05) is 45.0 Å². The maximum Gasteiger partial charge on any atom is 0.184 e. The van der Waals surface area contributed by atoms with E-state index in [1.54, 1.807) is 7.11 Å². The fourth-order valence-corrected chi connectivity index (χ4v) is 3.08. The molecule has 128 valence electrons. The number of hydrogen-bond donors (Lipinski definition) is 1. The van der Waals surface area contributed by atoms with Crippen LogP contribution in [-0.4, -0.2) is 48.7 Å². The smallest absolute Gasteiger partial charge is 0.184 e. The Labute approximate surface area is 136 Å². The van der Waals surface area contributed by atoms with E-state index in [0.717, 1.165) is 11.3 Å². The van der Waals surface area contributed by atoms with Crippen LogP contribution in [0.3, 0.4) is 0 Å². The molecule has 2 aliphatic heterocycles. The van der Waals surface area contributed by atoms with Gasteiger partial charge in [-0.2, -0.15) is 0 Å². The molecule has 2 aliphatic rings. The Bertz CT molecular complexity index is 528. The van der Waals surface area contributed by atoms with Gasteiger partial charge in [-0.3, -0.25) is 0 Å². The first kappa shape index (κ1) is 16.7. The number of ether oxygens (including phenoxy) is 5. The predicted octanol–water partition coefficient (Wildman–Crippen LogP) is 1.84. The Hall–Kier alpha value is -1.18. The number of hydrogen-bond acceptors (Lipinski definition) is 6. The third-order valence-corrected chi connectivity index (χ3v) is 4.19. The second-order valence-corrected chi connectivity index (χ2v) is 6.42. The molecule has 23 heavy (non-hydrogen) atoms. The molecule has 3 rings (SSSR count). The Morgan fingerprint density at radius 2 is 1.78 bits per heavy atom. The van der Waals surface area contributed by atoms with Crippen molar-refractivity contribution in [1.82, 2.24) is 0 Å². The van der Waals surface area contributed by atoms with Crippen molar-refractivity contribution in [3.63, 3.8) is 0 Å². The molecule has 2 fully saturated rings. The van der Waals surface area contributed by atoms with Crippen molar-refractivity contribution in [3.8, 4) is 5.75 Å². The lowest BCUT2D eigenvalue weighted by atomic mass is 10.00. The zero-order valence-corrected chi connectivity index (χ0v) is 13.9. The molecule has 0 aromatic heterocycles. The zero-order chi connectivity index (χ0) is 16.6. The molecular formula is C17H24O6. The van der Waals surface area contributed by atoms with Crippen LogP contribution in [0.15, 0.2) is 24.3 Å². The predicted molar refractivity (Wildman–Crippen MR) is 81.9 cm³/mol. The first-order chi connectivity index (χ1) is 10.9. The highest BCUT2D eigenvalue weighted by Crippen LogP contribution is 2.38. The molecule has 0 amide bonds. The summed E-state index contributed by atoms with van der Waals surface area (Å²) in [4.78, 5) is 0. The van der Waals surface area contributed by atoms with Crippen LogP contribution in [0, 0.1) is 0 Å². The van der Waals surface area contributed by atoms with Gasteiger partial charge in [0.25, 0.3) is 0 Å². The van der Waals surface area contributed by atoms with Crippen LogP contribution in [0.25, 0.3) is 0 Å². The summed E-state index contributed by atoms with van der Waals surface area (Å²) in [7, 11) is 1.64. The minimum atomic E-state index is -1.00. The van der Waals surface area contributed by atoms with E-state index in [4.69, 9.17) is 23.7 Å². The van der Waals surface area contributed by atoms with Crippen molar-refractivity contribution >= 4 is 0 Å². The summed E-state index contributed by atoms with van der Waals surface area (Å²) < 4.78 is 28.4. The van der Waals surface area contributed by atoms with Crippen LogP contribution in [0.2, 0.25) is 0 Å². The molecule has 0 spiro atoms. The van der Waals surface area contributed by atoms with Gasteiger partial charge >= 0.3 is 0 Å². The molecule has 0 radical (unpaired) electrons. The van der Waals surface area contributed by atoms with Gasteiger partial charge in [-0.05, 0) is 38.5 Å². The van der Waals surface area contributed by atoms with Gasteiger partial charge in [-0.15, -0.1) is 0 Å². The van der Waals surface area contributed by atoms with Gasteiger partial charge < -0.3 is 28.8 Å². The Kier molecular flexibility index (Phi) is 4.62. The van der Waals surface area contributed by atoms with Crippen LogP contribution < -0.4 is 4.74 Å². The highest BCUT2D eigenvalue weighted by atomic mass is 16.8. The standard InChI is InChI=1S/C17H24O6/c1-10-13(20-9-11-5-7-12(19-4)8-6-11)14-15(16(18)21-10)23-17(2,3)22-14/h5-8,10,13-16,18H,9H2,1-4H3/t10-,13-,14+,15+,16?/m0/s1. The molecule has 2 saturated heterocycles. The van der Waals surface area contributed by atoms with Crippen LogP contribution in [-0.2, 0) is 25.6 Å². The lowest BCUT2D eigenvalue weighted by Crippen LogP contribution is -2.56. The van der Waals surface area contributed by atoms with Crippen LogP contribution in [0.4, 0.5) is 0 Å². The molecule has 1 N–H and O–H groups in total. The first-order valence-electron chi connectivity index (χ1n) is 7.83. The molecule has 0 bridgehead atoms. The molecule has 6 heteroatoms. The highest BCUT2D eigenvalue weighted by molar-refractivity contribution is 5.26. The largest absolute Gasteiger partial charge is 0.497 e. The quantitative estimate of drug-likeness (QED) is 0.911. The zero-order valence-electron chi connectivity index (χ0n) is 13.9. The van der Waals surface area contributed by atoms with Gasteiger partial charge in [-0.25, -0.2) is 0 Å². The number of aliphatic hydroxyl groups excluding tert-OH is 1. The summed E-state index contributed by atoms with van der Waals surface area (Å²) in [6.07, 6.45) is -2.50. The summed E-state index contributed by atoms with van der Waals surface area (Å²) in [5.74, 6) is 0.0476. The lowest BCUT2D eigenvalue weighted by Gasteiger charge is -2.38. The maximum absolute atomic E-state index is 10.0. The molecule has 2 heterocycles. The number of fused-ring (bicyclic) bond motifs is 1. The normalized spacial score (nSPS) is 35.8. The topological polar surface area (TPSA) is 66.4 Å². The third kappa shape index (κ3) is 3.51. The van der Waals surface area contributed by atoms with E-state index in [-0.39, 0.29) is 18.3 Å². The van der Waals surface area contributed by atoms with E-state index >= 15 is 0 Å². The van der Waals surface area contributed by atoms with E-state index in [9.17, 15) is 5.11 Å². The van der Waals surface area contributed by atoms with E-state index in [0.29, 0.717) is 6.61 Å². The highest BCUT2D eigenvalue weighted by Gasteiger charge is 2.54. The monoisotopic (exact) mass is 324 g/mol. The van der Waals surface area contributed by atoms with Gasteiger partial charge in [0.2, 0.25) is 0 Å². The number of benzene rings is 1. The van der Waals surface area contributed by atoms with Crippen molar-refractivity contribution in [2.24, 2.45) is 0 Å². The van der Waals surface area contributed by atoms with Crippen molar-refractivity contribution in [2.45, 2.75) is 63.9 Å². The molecule has 5 atom stereocenters. The van der Waals surface area contributed by atoms with Gasteiger partial charge in [0, 0.05) is 0 Å². The molecule has 1 aromatic rings. The van der Waals surface area contributed by atoms with E-state index < -0.39 is 18.2 Å². The lowest BCUT2D eigenvalue weighted by molar-refractivity contribution is -0.262. The Morgan fingerprint density at radius 1 is 1.13 bits per heavy atom. The van der Waals surface area contributed by atoms with Crippen LogP contribution >= 0.6 is 0 Å². The number of methoxy groups -OCH3 is 1. The summed E-state index contributed by atoms with van der Waals surface area (Å²) >= 11 is 0. The molecule has 1 aromatic carbocycles. The summed E-state index contributed by atoms with van der Waals surface area (Å²) in [5.41, 5.74) is 1.03. The molecule has 1 unspecified atom stereocenters. The third-order valence-electron chi connectivity index (χ3n) is 4.19. The Balaban J connectivity index is 1.67. The summed E-state index contributed by atoms with van der Waals surface area (Å²) in [6.45, 7) is 5.94. The molecule has 0 saturated carbocycles. The number of aliphatic hydroxyl groups is 1. The van der Waals surface area contributed by atoms with Crippen molar-refractivity contribution in [1.29, 1.82) is 0 Å². The molecular weight excluding hydrogens is 300 g/mol. The summed E-state index contributed by atoms with van der Waals surface area (Å²) in [5, 5.41) is 10.0. The van der Waals surface area contributed by atoms with Gasteiger partial charge in [0.15, 0.2) is 12.1 Å². The maximum atomic E-state index is 10.0. The average Bonchev–Trinajstić information content (AvgIpc) is 2.83. The van der Waals surface area contributed by atoms with Gasteiger partial charge in [-0.1, -0.05) is 12.1 Å². The SMILES string of the molecule is COc1ccc(CO[C@@H]2[C@H]3OC(C)(C)O[C@H]3C(O)O[C@H]2C)cc1. The molecule has 0 aliphatic carbocycles. The average molecular weight is 324 g/mol. The Morgan fingerprint density at radius 3 is 2.43 bits per heavy atom. The van der Waals surface area contributed by atoms with Crippen molar-refractivity contribution in [3.05, 3.63) is 29.8 Å². The van der Waals surface area contributed by atoms with Gasteiger partial charge in [0.1, 0.15) is 24.1 Å². The fraction of sp³-hybridized carbons (Fsp3) is 0.647. The van der Waals surface area contributed by atoms with Gasteiger partial charge in [0.05, 0.1) is 19.8 Å². The van der Waals surface area contributed by atoms with Crippen molar-refractivity contribution in [2.75, 3.05) is 7.11 Å². The van der Waals surface area contributed by atoms with E-state index in [2.05, 4.69) is 0 Å². The minimum absolute atomic E-state index is 0.290. The van der Waals surface area contributed by atoms with Crippen molar-refractivity contribution < 1.29 is 28.8 Å². The second kappa shape index (κ2) is 6.37. The van der Waals surface area contributed by atoms with E-state index in [1.165, 1.54) is 0 Å². The fourth-order valence-electron chi connectivity index (χ4n) is 3.08. The van der Waals surface area contributed by atoms with Crippen LogP contribution in [0.1, 0.15) is 26.3 Å². The minimum Gasteiger partial charge on any atom is -0.497 e. The molecule has 6 nitrogen and oxygen atoms in total. The second-order valence-electron chi connectivity index (χ2n) is 6.42.